The van der Waals surface area contributed by atoms with E-state index in [1.54, 1.807) is 53.2 Å². The number of hydrogen-bond acceptors (Lipinski definition) is 6. The van der Waals surface area contributed by atoms with Gasteiger partial charge in [0.25, 0.3) is 0 Å². The second kappa shape index (κ2) is 7.20. The summed E-state index contributed by atoms with van der Waals surface area (Å²) < 4.78 is 7.07. The third kappa shape index (κ3) is 3.15. The highest BCUT2D eigenvalue weighted by Gasteiger charge is 2.17. The van der Waals surface area contributed by atoms with Gasteiger partial charge in [-0.2, -0.15) is 10.2 Å². The van der Waals surface area contributed by atoms with Crippen LogP contribution in [0.5, 0.6) is 0 Å². The van der Waals surface area contributed by atoms with Crippen molar-refractivity contribution < 1.29 is 4.42 Å². The van der Waals surface area contributed by atoms with Crippen molar-refractivity contribution in [2.45, 2.75) is 6.92 Å². The molecule has 30 heavy (non-hydrogen) atoms. The lowest BCUT2D eigenvalue weighted by molar-refractivity contribution is 0.562. The van der Waals surface area contributed by atoms with Crippen molar-refractivity contribution in [3.63, 3.8) is 0 Å². The van der Waals surface area contributed by atoms with Gasteiger partial charge in [-0.05, 0) is 49.4 Å². The molecule has 8 heteroatoms. The van der Waals surface area contributed by atoms with Gasteiger partial charge in [0.15, 0.2) is 11.3 Å². The summed E-state index contributed by atoms with van der Waals surface area (Å²) >= 11 is 5.91. The van der Waals surface area contributed by atoms with Crippen LogP contribution in [0.25, 0.3) is 27.9 Å². The van der Waals surface area contributed by atoms with Gasteiger partial charge in [0.1, 0.15) is 5.58 Å². The van der Waals surface area contributed by atoms with E-state index in [1.165, 1.54) is 0 Å². The van der Waals surface area contributed by atoms with Crippen molar-refractivity contribution in [1.29, 1.82) is 0 Å². The molecule has 0 N–H and O–H groups in total. The van der Waals surface area contributed by atoms with Gasteiger partial charge < -0.3 is 4.42 Å². The largest absolute Gasteiger partial charge is 0.422 e. The first-order valence-electron chi connectivity index (χ1n) is 9.15. The van der Waals surface area contributed by atoms with Crippen LogP contribution in [0.15, 0.2) is 86.3 Å². The standard InChI is InChI=1S/C22H14ClN5O2/c1-13-20(26-25-16-8-6-15(23)7-9-16)21-24-11-10-18(28(21)27-13)17-12-14-4-2-3-5-19(14)30-22(17)29/h2-12H,1H3. The number of rotatable bonds is 3. The molecule has 5 rings (SSSR count). The van der Waals surface area contributed by atoms with Crippen LogP contribution in [0.2, 0.25) is 5.02 Å². The molecule has 0 amide bonds. The zero-order valence-electron chi connectivity index (χ0n) is 15.8. The Hall–Kier alpha value is -3.84. The zero-order valence-corrected chi connectivity index (χ0v) is 16.5. The van der Waals surface area contributed by atoms with E-state index in [0.717, 1.165) is 5.39 Å². The molecule has 3 aromatic heterocycles. The van der Waals surface area contributed by atoms with Crippen molar-refractivity contribution >= 4 is 39.6 Å². The Labute approximate surface area is 175 Å². The van der Waals surface area contributed by atoms with E-state index < -0.39 is 5.63 Å². The second-order valence-corrected chi connectivity index (χ2v) is 7.10. The highest BCUT2D eigenvalue weighted by molar-refractivity contribution is 6.30. The Kier molecular flexibility index (Phi) is 4.37. The van der Waals surface area contributed by atoms with Gasteiger partial charge >= 0.3 is 5.63 Å². The molecule has 146 valence electrons. The highest BCUT2D eigenvalue weighted by Crippen LogP contribution is 2.29. The van der Waals surface area contributed by atoms with E-state index in [9.17, 15) is 4.79 Å². The number of para-hydroxylation sites is 1. The predicted octanol–water partition coefficient (Wildman–Crippen LogP) is 5.88. The van der Waals surface area contributed by atoms with Crippen molar-refractivity contribution in [3.05, 3.63) is 88.0 Å². The molecule has 0 aliphatic carbocycles. The minimum absolute atomic E-state index is 0.393. The lowest BCUT2D eigenvalue weighted by Crippen LogP contribution is -2.07. The van der Waals surface area contributed by atoms with E-state index in [2.05, 4.69) is 20.3 Å². The molecule has 7 nitrogen and oxygen atoms in total. The normalized spacial score (nSPS) is 11.7. The minimum Gasteiger partial charge on any atom is -0.422 e. The first-order valence-corrected chi connectivity index (χ1v) is 9.53. The molecular weight excluding hydrogens is 402 g/mol. The Morgan fingerprint density at radius 1 is 1.03 bits per heavy atom. The number of nitrogens with zero attached hydrogens (tertiary/aromatic N) is 5. The maximum absolute atomic E-state index is 12.6. The van der Waals surface area contributed by atoms with Crippen LogP contribution < -0.4 is 5.63 Å². The minimum atomic E-state index is -0.446. The number of benzene rings is 2. The Morgan fingerprint density at radius 3 is 2.67 bits per heavy atom. The summed E-state index contributed by atoms with van der Waals surface area (Å²) in [6.07, 6.45) is 1.61. The summed E-state index contributed by atoms with van der Waals surface area (Å²) in [5, 5.41) is 14.6. The highest BCUT2D eigenvalue weighted by atomic mass is 35.5. The topological polar surface area (TPSA) is 85.1 Å². The zero-order chi connectivity index (χ0) is 20.7. The third-order valence-electron chi connectivity index (χ3n) is 4.67. The van der Waals surface area contributed by atoms with Crippen molar-refractivity contribution in [2.24, 2.45) is 10.2 Å². The number of fused-ring (bicyclic) bond motifs is 2. The molecule has 0 saturated carbocycles. The maximum Gasteiger partial charge on any atom is 0.345 e. The molecule has 0 atom stereocenters. The van der Waals surface area contributed by atoms with Gasteiger partial charge in [0, 0.05) is 16.6 Å². The van der Waals surface area contributed by atoms with Gasteiger partial charge in [-0.25, -0.2) is 14.3 Å². The number of aryl methyl sites for hydroxylation is 1. The summed E-state index contributed by atoms with van der Waals surface area (Å²) in [6.45, 7) is 1.82. The molecule has 0 fully saturated rings. The molecule has 3 heterocycles. The quantitative estimate of drug-likeness (QED) is 0.272. The van der Waals surface area contributed by atoms with Crippen LogP contribution in [-0.2, 0) is 0 Å². The Morgan fingerprint density at radius 2 is 1.83 bits per heavy atom. The molecule has 0 spiro atoms. The fraction of sp³-hybridized carbons (Fsp3) is 0.0455. The average Bonchev–Trinajstić information content (AvgIpc) is 3.08. The predicted molar refractivity (Wildman–Crippen MR) is 115 cm³/mol. The SMILES string of the molecule is Cc1nn2c(-c3cc4ccccc4oc3=O)ccnc2c1N=Nc1ccc(Cl)cc1. The molecular formula is C22H14ClN5O2. The molecule has 2 aromatic carbocycles. The van der Waals surface area contributed by atoms with Crippen molar-refractivity contribution in [3.8, 4) is 11.3 Å². The van der Waals surface area contributed by atoms with Gasteiger partial charge in [0.2, 0.25) is 0 Å². The van der Waals surface area contributed by atoms with Crippen LogP contribution in [0, 0.1) is 6.92 Å². The molecule has 0 aliphatic rings. The number of azo groups is 1. The van der Waals surface area contributed by atoms with E-state index >= 15 is 0 Å². The van der Waals surface area contributed by atoms with Gasteiger partial charge in [-0.15, -0.1) is 5.11 Å². The van der Waals surface area contributed by atoms with Gasteiger partial charge in [-0.3, -0.25) is 0 Å². The summed E-state index contributed by atoms with van der Waals surface area (Å²) in [5.41, 5.74) is 3.36. The van der Waals surface area contributed by atoms with E-state index in [-0.39, 0.29) is 0 Å². The van der Waals surface area contributed by atoms with Crippen LogP contribution in [0.4, 0.5) is 11.4 Å². The fourth-order valence-corrected chi connectivity index (χ4v) is 3.34. The molecule has 0 saturated heterocycles. The average molecular weight is 416 g/mol. The van der Waals surface area contributed by atoms with Crippen molar-refractivity contribution in [1.82, 2.24) is 14.6 Å². The summed E-state index contributed by atoms with van der Waals surface area (Å²) in [5.74, 6) is 0. The van der Waals surface area contributed by atoms with Crippen LogP contribution in [0.3, 0.4) is 0 Å². The number of aromatic nitrogens is 3. The van der Waals surface area contributed by atoms with Gasteiger partial charge in [0.05, 0.1) is 22.6 Å². The summed E-state index contributed by atoms with van der Waals surface area (Å²) in [7, 11) is 0. The molecule has 0 radical (unpaired) electrons. The smallest absolute Gasteiger partial charge is 0.345 e. The Bertz CT molecular complexity index is 1490. The number of hydrogen-bond donors (Lipinski definition) is 0. The van der Waals surface area contributed by atoms with E-state index in [4.69, 9.17) is 16.0 Å². The first kappa shape index (κ1) is 18.2. The molecule has 0 unspecified atom stereocenters. The first-order chi connectivity index (χ1) is 14.6. The van der Waals surface area contributed by atoms with Crippen LogP contribution in [0.1, 0.15) is 5.69 Å². The number of halogens is 1. The lowest BCUT2D eigenvalue weighted by atomic mass is 10.1. The van der Waals surface area contributed by atoms with E-state index in [1.807, 2.05) is 25.1 Å². The second-order valence-electron chi connectivity index (χ2n) is 6.66. The molecule has 0 aliphatic heterocycles. The lowest BCUT2D eigenvalue weighted by Gasteiger charge is -2.04. The monoisotopic (exact) mass is 415 g/mol. The van der Waals surface area contributed by atoms with E-state index in [0.29, 0.717) is 44.6 Å². The Balaban J connectivity index is 1.66. The molecule has 5 aromatic rings. The summed E-state index contributed by atoms with van der Waals surface area (Å²) in [6, 6.07) is 17.9. The third-order valence-corrected chi connectivity index (χ3v) is 4.92. The fourth-order valence-electron chi connectivity index (χ4n) is 3.22. The van der Waals surface area contributed by atoms with Crippen molar-refractivity contribution in [2.75, 3.05) is 0 Å². The van der Waals surface area contributed by atoms with Crippen LogP contribution in [-0.4, -0.2) is 14.6 Å². The molecule has 0 bridgehead atoms. The summed E-state index contributed by atoms with van der Waals surface area (Å²) in [4.78, 5) is 17.0. The van der Waals surface area contributed by atoms with Gasteiger partial charge in [-0.1, -0.05) is 29.8 Å². The van der Waals surface area contributed by atoms with Crippen LogP contribution >= 0.6 is 11.6 Å². The maximum atomic E-state index is 12.6.